The maximum absolute atomic E-state index is 12.8. The molecule has 10 heteroatoms. The van der Waals surface area contributed by atoms with Crippen molar-refractivity contribution in [3.05, 3.63) is 50.0 Å². The molecule has 2 amide bonds. The fourth-order valence-electron chi connectivity index (χ4n) is 2.57. The maximum atomic E-state index is 12.8. The summed E-state index contributed by atoms with van der Waals surface area (Å²) in [5.41, 5.74) is 6.00. The van der Waals surface area contributed by atoms with Gasteiger partial charge < -0.3 is 11.1 Å². The topological polar surface area (TPSA) is 107 Å². The fourth-order valence-corrected chi connectivity index (χ4v) is 4.70. The van der Waals surface area contributed by atoms with Crippen LogP contribution in [0.2, 0.25) is 0 Å². The van der Waals surface area contributed by atoms with E-state index < -0.39 is 11.2 Å². The molecule has 2 aromatic heterocycles. The van der Waals surface area contributed by atoms with Crippen LogP contribution in [0, 0.1) is 0 Å². The van der Waals surface area contributed by atoms with E-state index in [1.54, 1.807) is 35.1 Å². The summed E-state index contributed by atoms with van der Waals surface area (Å²) in [5, 5.41) is 5.26. The van der Waals surface area contributed by atoms with Crippen LogP contribution in [0.3, 0.4) is 0 Å². The summed E-state index contributed by atoms with van der Waals surface area (Å²) >= 11 is 5.78. The summed E-state index contributed by atoms with van der Waals surface area (Å²) in [6, 6.07) is 6.89. The normalized spacial score (nSPS) is 12.1. The number of aromatic nitrogens is 2. The van der Waals surface area contributed by atoms with Crippen molar-refractivity contribution in [1.82, 2.24) is 9.55 Å². The van der Waals surface area contributed by atoms with Gasteiger partial charge in [0.25, 0.3) is 11.5 Å². The van der Waals surface area contributed by atoms with Crippen LogP contribution in [0.5, 0.6) is 0 Å². The van der Waals surface area contributed by atoms with Gasteiger partial charge in [-0.15, -0.1) is 11.3 Å². The van der Waals surface area contributed by atoms with Crippen molar-refractivity contribution in [1.29, 1.82) is 0 Å². The molecule has 1 aromatic carbocycles. The summed E-state index contributed by atoms with van der Waals surface area (Å²) in [6.07, 6.45) is 0. The van der Waals surface area contributed by atoms with Crippen molar-refractivity contribution in [3.8, 4) is 0 Å². The van der Waals surface area contributed by atoms with Crippen molar-refractivity contribution in [2.24, 2.45) is 5.73 Å². The lowest BCUT2D eigenvalue weighted by atomic mass is 10.2. The van der Waals surface area contributed by atoms with E-state index in [0.29, 0.717) is 27.6 Å². The Morgan fingerprint density at radius 1 is 1.39 bits per heavy atom. The fraction of sp³-hybridized carbons (Fsp3) is 0.222. The van der Waals surface area contributed by atoms with Crippen LogP contribution in [0.25, 0.3) is 10.9 Å². The number of nitrogens with two attached hydrogens (primary N) is 1. The van der Waals surface area contributed by atoms with E-state index in [1.165, 1.54) is 23.1 Å². The number of benzene rings is 1. The van der Waals surface area contributed by atoms with Crippen molar-refractivity contribution in [2.75, 3.05) is 5.32 Å². The Labute approximate surface area is 177 Å². The number of nitrogens with one attached hydrogen (secondary N) is 1. The molecular formula is C18H17BrN4O3S2. The molecule has 0 unspecified atom stereocenters. The third-order valence-corrected chi connectivity index (χ3v) is 6.43. The molecule has 28 heavy (non-hydrogen) atoms. The van der Waals surface area contributed by atoms with Crippen LogP contribution >= 0.6 is 39.0 Å². The van der Waals surface area contributed by atoms with Gasteiger partial charge in [0, 0.05) is 11.0 Å². The summed E-state index contributed by atoms with van der Waals surface area (Å²) in [7, 11) is 0. The third kappa shape index (κ3) is 4.13. The largest absolute Gasteiger partial charge is 0.366 e. The van der Waals surface area contributed by atoms with Gasteiger partial charge in [0.1, 0.15) is 5.00 Å². The summed E-state index contributed by atoms with van der Waals surface area (Å²) in [5.74, 6) is -0.901. The van der Waals surface area contributed by atoms with Gasteiger partial charge in [0.15, 0.2) is 5.16 Å². The number of anilines is 1. The first-order chi connectivity index (χ1) is 13.3. The molecule has 0 aliphatic heterocycles. The van der Waals surface area contributed by atoms with Gasteiger partial charge in [-0.05, 0) is 43.5 Å². The van der Waals surface area contributed by atoms with Gasteiger partial charge in [-0.25, -0.2) is 4.98 Å². The quantitative estimate of drug-likeness (QED) is 0.414. The number of rotatable bonds is 6. The lowest BCUT2D eigenvalue weighted by Gasteiger charge is -2.15. The molecule has 3 N–H and O–H groups in total. The van der Waals surface area contributed by atoms with Crippen LogP contribution < -0.4 is 16.6 Å². The Balaban J connectivity index is 1.88. The highest BCUT2D eigenvalue weighted by Crippen LogP contribution is 2.27. The van der Waals surface area contributed by atoms with Crippen molar-refractivity contribution >= 4 is 66.7 Å². The molecule has 3 aromatic rings. The number of hydrogen-bond acceptors (Lipinski definition) is 6. The zero-order chi connectivity index (χ0) is 20.4. The zero-order valence-corrected chi connectivity index (χ0v) is 18.3. The van der Waals surface area contributed by atoms with Crippen molar-refractivity contribution in [3.63, 3.8) is 0 Å². The molecule has 0 saturated heterocycles. The number of thiophene rings is 1. The van der Waals surface area contributed by atoms with Crippen LogP contribution in [0.15, 0.2) is 44.1 Å². The molecule has 0 aliphatic rings. The van der Waals surface area contributed by atoms with Gasteiger partial charge in [0.05, 0.1) is 21.7 Å². The number of halogens is 1. The van der Waals surface area contributed by atoms with E-state index >= 15 is 0 Å². The number of primary amides is 1. The van der Waals surface area contributed by atoms with Crippen LogP contribution in [0.1, 0.15) is 24.2 Å². The average Bonchev–Trinajstić information content (AvgIpc) is 3.11. The van der Waals surface area contributed by atoms with Crippen LogP contribution in [-0.2, 0) is 11.3 Å². The number of carbonyl (C=O) groups excluding carboxylic acids is 2. The third-order valence-electron chi connectivity index (χ3n) is 4.02. The van der Waals surface area contributed by atoms with E-state index in [2.05, 4.69) is 26.2 Å². The SMILES string of the molecule is CCn1c(S[C@H](C)C(=O)Nc2sccc2C(N)=O)nc2ccc(Br)cc2c1=O. The molecule has 0 bridgehead atoms. The van der Waals surface area contributed by atoms with Gasteiger partial charge in [-0.3, -0.25) is 19.0 Å². The van der Waals surface area contributed by atoms with Crippen molar-refractivity contribution < 1.29 is 9.59 Å². The molecule has 7 nitrogen and oxygen atoms in total. The predicted octanol–water partition coefficient (Wildman–Crippen LogP) is 3.46. The summed E-state index contributed by atoms with van der Waals surface area (Å²) < 4.78 is 2.35. The lowest BCUT2D eigenvalue weighted by Crippen LogP contribution is -2.27. The second kappa shape index (κ2) is 8.46. The predicted molar refractivity (Wildman–Crippen MR) is 116 cm³/mol. The molecule has 2 heterocycles. The first-order valence-electron chi connectivity index (χ1n) is 8.36. The van der Waals surface area contributed by atoms with E-state index in [4.69, 9.17) is 5.73 Å². The zero-order valence-electron chi connectivity index (χ0n) is 15.1. The minimum absolute atomic E-state index is 0.154. The monoisotopic (exact) mass is 480 g/mol. The first kappa shape index (κ1) is 20.6. The number of amides is 2. The van der Waals surface area contributed by atoms with E-state index in [9.17, 15) is 14.4 Å². The second-order valence-corrected chi connectivity index (χ2v) is 9.02. The molecule has 0 spiro atoms. The standard InChI is InChI=1S/C18H17BrN4O3S2/c1-3-23-17(26)12-8-10(19)4-5-13(12)21-18(23)28-9(2)15(25)22-16-11(14(20)24)6-7-27-16/h4-9H,3H2,1-2H3,(H2,20,24)(H,22,25)/t9-/m1/s1. The van der Waals surface area contributed by atoms with E-state index in [0.717, 1.165) is 4.47 Å². The Morgan fingerprint density at radius 3 is 2.82 bits per heavy atom. The lowest BCUT2D eigenvalue weighted by molar-refractivity contribution is -0.115. The van der Waals surface area contributed by atoms with E-state index in [-0.39, 0.29) is 17.0 Å². The molecule has 0 aliphatic carbocycles. The molecule has 0 radical (unpaired) electrons. The number of carbonyl (C=O) groups is 2. The average molecular weight is 481 g/mol. The Hall–Kier alpha value is -2.17. The van der Waals surface area contributed by atoms with Crippen molar-refractivity contribution in [2.45, 2.75) is 30.8 Å². The minimum Gasteiger partial charge on any atom is -0.366 e. The maximum Gasteiger partial charge on any atom is 0.262 e. The number of thioether (sulfide) groups is 1. The van der Waals surface area contributed by atoms with Crippen LogP contribution in [0.4, 0.5) is 5.00 Å². The molecule has 1 atom stereocenters. The smallest absolute Gasteiger partial charge is 0.262 e. The molecule has 0 saturated carbocycles. The second-order valence-electron chi connectivity index (χ2n) is 5.88. The Bertz CT molecular complexity index is 1130. The van der Waals surface area contributed by atoms with Gasteiger partial charge in [0.2, 0.25) is 5.91 Å². The van der Waals surface area contributed by atoms with Gasteiger partial charge in [-0.1, -0.05) is 27.7 Å². The highest BCUT2D eigenvalue weighted by atomic mass is 79.9. The highest BCUT2D eigenvalue weighted by molar-refractivity contribution is 9.10. The number of hydrogen-bond donors (Lipinski definition) is 2. The summed E-state index contributed by atoms with van der Waals surface area (Å²) in [4.78, 5) is 41.4. The van der Waals surface area contributed by atoms with Gasteiger partial charge in [-0.2, -0.15) is 0 Å². The highest BCUT2D eigenvalue weighted by Gasteiger charge is 2.21. The first-order valence-corrected chi connectivity index (χ1v) is 10.9. The van der Waals surface area contributed by atoms with E-state index in [1.807, 2.05) is 13.0 Å². The van der Waals surface area contributed by atoms with Crippen LogP contribution in [-0.4, -0.2) is 26.6 Å². The Morgan fingerprint density at radius 2 is 2.14 bits per heavy atom. The van der Waals surface area contributed by atoms with Gasteiger partial charge >= 0.3 is 0 Å². The molecule has 146 valence electrons. The minimum atomic E-state index is -0.598. The molecule has 3 rings (SSSR count). The molecular weight excluding hydrogens is 464 g/mol. The number of nitrogens with zero attached hydrogens (tertiary/aromatic N) is 2. The Kier molecular flexibility index (Phi) is 6.21. The number of fused-ring (bicyclic) bond motifs is 1. The summed E-state index contributed by atoms with van der Waals surface area (Å²) in [6.45, 7) is 4.00. The molecule has 0 fully saturated rings.